The Morgan fingerprint density at radius 1 is 1.78 bits per heavy atom. The summed E-state index contributed by atoms with van der Waals surface area (Å²) in [6.07, 6.45) is 5.40. The SMILES string of the molecule is C#CCC(C)(C)C(N)=O. The van der Waals surface area contributed by atoms with E-state index in [1.54, 1.807) is 13.8 Å². The van der Waals surface area contributed by atoms with Gasteiger partial charge < -0.3 is 5.73 Å². The highest BCUT2D eigenvalue weighted by Gasteiger charge is 2.22. The van der Waals surface area contributed by atoms with Crippen LogP contribution in [0.5, 0.6) is 0 Å². The molecule has 0 aliphatic heterocycles. The van der Waals surface area contributed by atoms with Gasteiger partial charge in [-0.3, -0.25) is 4.79 Å². The summed E-state index contributed by atoms with van der Waals surface area (Å²) in [5.74, 6) is 2.04. The van der Waals surface area contributed by atoms with Crippen molar-refractivity contribution in [2.24, 2.45) is 11.1 Å². The molecule has 0 rings (SSSR count). The second-order valence-electron chi connectivity index (χ2n) is 2.63. The lowest BCUT2D eigenvalue weighted by Gasteiger charge is -2.15. The number of rotatable bonds is 2. The number of nitrogens with two attached hydrogens (primary N) is 1. The van der Waals surface area contributed by atoms with Crippen molar-refractivity contribution in [3.63, 3.8) is 0 Å². The molecule has 0 fully saturated rings. The molecule has 2 nitrogen and oxygen atoms in total. The molecule has 0 radical (unpaired) electrons. The monoisotopic (exact) mass is 125 g/mol. The number of hydrogen-bond donors (Lipinski definition) is 1. The highest BCUT2D eigenvalue weighted by molar-refractivity contribution is 5.80. The number of hydrogen-bond acceptors (Lipinski definition) is 1. The van der Waals surface area contributed by atoms with E-state index in [1.165, 1.54) is 0 Å². The predicted octanol–water partition coefficient (Wildman–Crippen LogP) is 0.521. The fourth-order valence-electron chi connectivity index (χ4n) is 0.342. The van der Waals surface area contributed by atoms with E-state index in [-0.39, 0.29) is 5.91 Å². The van der Waals surface area contributed by atoms with Crippen molar-refractivity contribution in [1.82, 2.24) is 0 Å². The van der Waals surface area contributed by atoms with E-state index in [0.717, 1.165) is 0 Å². The lowest BCUT2D eigenvalue weighted by molar-refractivity contribution is -0.125. The van der Waals surface area contributed by atoms with Crippen LogP contribution in [0.1, 0.15) is 20.3 Å². The second kappa shape index (κ2) is 2.54. The van der Waals surface area contributed by atoms with E-state index in [1.807, 2.05) is 0 Å². The van der Waals surface area contributed by atoms with Crippen molar-refractivity contribution in [2.45, 2.75) is 20.3 Å². The highest BCUT2D eigenvalue weighted by Crippen LogP contribution is 2.17. The molecule has 0 saturated heterocycles. The Hall–Kier alpha value is -0.970. The van der Waals surface area contributed by atoms with E-state index in [2.05, 4.69) is 5.92 Å². The van der Waals surface area contributed by atoms with E-state index in [0.29, 0.717) is 6.42 Å². The Kier molecular flexibility index (Phi) is 2.27. The molecule has 2 heteroatoms. The Morgan fingerprint density at radius 2 is 2.22 bits per heavy atom. The van der Waals surface area contributed by atoms with Gasteiger partial charge >= 0.3 is 0 Å². The van der Waals surface area contributed by atoms with E-state index < -0.39 is 5.41 Å². The maximum absolute atomic E-state index is 10.5. The van der Waals surface area contributed by atoms with Gasteiger partial charge in [0.15, 0.2) is 0 Å². The summed E-state index contributed by atoms with van der Waals surface area (Å²) in [6.45, 7) is 3.46. The molecular formula is C7H11NO. The van der Waals surface area contributed by atoms with Crippen LogP contribution >= 0.6 is 0 Å². The van der Waals surface area contributed by atoms with Gasteiger partial charge in [-0.05, 0) is 0 Å². The minimum atomic E-state index is -0.547. The zero-order chi connectivity index (χ0) is 7.49. The van der Waals surface area contributed by atoms with Crippen LogP contribution in [-0.2, 0) is 4.79 Å². The Bertz CT molecular complexity index is 153. The number of primary amides is 1. The second-order valence-corrected chi connectivity index (χ2v) is 2.63. The topological polar surface area (TPSA) is 43.1 Å². The first-order valence-electron chi connectivity index (χ1n) is 2.74. The highest BCUT2D eigenvalue weighted by atomic mass is 16.1. The van der Waals surface area contributed by atoms with Gasteiger partial charge in [0.25, 0.3) is 0 Å². The number of carbonyl (C=O) groups is 1. The Labute approximate surface area is 55.4 Å². The van der Waals surface area contributed by atoms with Crippen molar-refractivity contribution in [3.8, 4) is 12.3 Å². The van der Waals surface area contributed by atoms with E-state index >= 15 is 0 Å². The average Bonchev–Trinajstić information content (AvgIpc) is 1.65. The molecule has 0 aliphatic rings. The third-order valence-corrected chi connectivity index (χ3v) is 1.21. The summed E-state index contributed by atoms with van der Waals surface area (Å²) in [5.41, 5.74) is 4.47. The van der Waals surface area contributed by atoms with Crippen LogP contribution in [0.15, 0.2) is 0 Å². The maximum Gasteiger partial charge on any atom is 0.224 e. The van der Waals surface area contributed by atoms with Gasteiger partial charge in [-0.2, -0.15) is 0 Å². The van der Waals surface area contributed by atoms with Crippen molar-refractivity contribution in [3.05, 3.63) is 0 Å². The molecule has 0 bridgehead atoms. The molecule has 50 valence electrons. The van der Waals surface area contributed by atoms with Crippen LogP contribution in [0.3, 0.4) is 0 Å². The predicted molar refractivity (Wildman–Crippen MR) is 36.4 cm³/mol. The number of terminal acetylenes is 1. The standard InChI is InChI=1S/C7H11NO/c1-4-5-7(2,3)6(8)9/h1H,5H2,2-3H3,(H2,8,9). The van der Waals surface area contributed by atoms with Gasteiger partial charge in [-0.1, -0.05) is 13.8 Å². The molecule has 0 saturated carbocycles. The first-order valence-corrected chi connectivity index (χ1v) is 2.74. The molecule has 0 unspecified atom stereocenters. The van der Waals surface area contributed by atoms with Crippen LogP contribution in [0.4, 0.5) is 0 Å². The molecule has 0 aromatic carbocycles. The summed E-state index contributed by atoms with van der Waals surface area (Å²) < 4.78 is 0. The van der Waals surface area contributed by atoms with Crippen molar-refractivity contribution >= 4 is 5.91 Å². The lowest BCUT2D eigenvalue weighted by atomic mass is 9.89. The van der Waals surface area contributed by atoms with E-state index in [4.69, 9.17) is 12.2 Å². The Morgan fingerprint density at radius 3 is 2.33 bits per heavy atom. The molecule has 0 spiro atoms. The largest absolute Gasteiger partial charge is 0.369 e. The lowest BCUT2D eigenvalue weighted by Crippen LogP contribution is -2.30. The van der Waals surface area contributed by atoms with Crippen LogP contribution in [0.2, 0.25) is 0 Å². The third kappa shape index (κ3) is 2.18. The van der Waals surface area contributed by atoms with Gasteiger partial charge in [-0.15, -0.1) is 12.3 Å². The number of amides is 1. The molecule has 1 amide bonds. The Balaban J connectivity index is 4.06. The van der Waals surface area contributed by atoms with Crippen LogP contribution < -0.4 is 5.73 Å². The molecule has 0 aromatic heterocycles. The molecule has 2 N–H and O–H groups in total. The molecule has 0 aliphatic carbocycles. The fourth-order valence-corrected chi connectivity index (χ4v) is 0.342. The quantitative estimate of drug-likeness (QED) is 0.537. The van der Waals surface area contributed by atoms with E-state index in [9.17, 15) is 4.79 Å². The maximum atomic E-state index is 10.5. The first-order chi connectivity index (χ1) is 4.00. The van der Waals surface area contributed by atoms with Crippen molar-refractivity contribution < 1.29 is 4.79 Å². The zero-order valence-electron chi connectivity index (χ0n) is 5.77. The first kappa shape index (κ1) is 8.03. The summed E-state index contributed by atoms with van der Waals surface area (Å²) >= 11 is 0. The zero-order valence-corrected chi connectivity index (χ0v) is 5.77. The van der Waals surface area contributed by atoms with Gasteiger partial charge in [0.05, 0.1) is 5.41 Å². The molecular weight excluding hydrogens is 114 g/mol. The van der Waals surface area contributed by atoms with Gasteiger partial charge in [0.2, 0.25) is 5.91 Å². The minimum absolute atomic E-state index is 0.347. The van der Waals surface area contributed by atoms with Gasteiger partial charge in [0, 0.05) is 6.42 Å². The molecule has 9 heavy (non-hydrogen) atoms. The van der Waals surface area contributed by atoms with Crippen LogP contribution in [0, 0.1) is 17.8 Å². The molecule has 0 atom stereocenters. The normalized spacial score (nSPS) is 10.3. The summed E-state index contributed by atoms with van der Waals surface area (Å²) in [5, 5.41) is 0. The minimum Gasteiger partial charge on any atom is -0.369 e. The summed E-state index contributed by atoms with van der Waals surface area (Å²) in [7, 11) is 0. The molecule has 0 aromatic rings. The van der Waals surface area contributed by atoms with Crippen molar-refractivity contribution in [2.75, 3.05) is 0 Å². The molecule has 0 heterocycles. The van der Waals surface area contributed by atoms with Gasteiger partial charge in [0.1, 0.15) is 0 Å². The smallest absolute Gasteiger partial charge is 0.224 e. The van der Waals surface area contributed by atoms with Crippen LogP contribution in [0.25, 0.3) is 0 Å². The van der Waals surface area contributed by atoms with Crippen molar-refractivity contribution in [1.29, 1.82) is 0 Å². The fraction of sp³-hybridized carbons (Fsp3) is 0.571. The van der Waals surface area contributed by atoms with Gasteiger partial charge in [-0.25, -0.2) is 0 Å². The number of carbonyl (C=O) groups excluding carboxylic acids is 1. The third-order valence-electron chi connectivity index (χ3n) is 1.21. The van der Waals surface area contributed by atoms with Crippen LogP contribution in [-0.4, -0.2) is 5.91 Å². The average molecular weight is 125 g/mol. The summed E-state index contributed by atoms with van der Waals surface area (Å²) in [6, 6.07) is 0. The summed E-state index contributed by atoms with van der Waals surface area (Å²) in [4.78, 5) is 10.5.